The minimum absolute atomic E-state index is 0.00973. The van der Waals surface area contributed by atoms with E-state index in [1.54, 1.807) is 6.92 Å². The van der Waals surface area contributed by atoms with Crippen molar-refractivity contribution in [2.45, 2.75) is 62.9 Å². The Balaban J connectivity index is 1.11. The number of fused-ring (bicyclic) bond motifs is 3. The van der Waals surface area contributed by atoms with Gasteiger partial charge in [-0.3, -0.25) is 4.79 Å². The van der Waals surface area contributed by atoms with E-state index in [0.717, 1.165) is 25.7 Å². The molecule has 3 aliphatic carbocycles. The van der Waals surface area contributed by atoms with Gasteiger partial charge in [0.05, 0.1) is 0 Å². The number of nitrogens with one attached hydrogen (secondary N) is 2. The number of carbonyl (C=O) groups excluding carboxylic acids is 2. The molecule has 0 saturated heterocycles. The van der Waals surface area contributed by atoms with Gasteiger partial charge in [0.25, 0.3) is 0 Å². The molecule has 35 heavy (non-hydrogen) atoms. The first-order chi connectivity index (χ1) is 16.8. The summed E-state index contributed by atoms with van der Waals surface area (Å²) >= 11 is 0. The number of carbonyl (C=O) groups is 3. The van der Waals surface area contributed by atoms with Gasteiger partial charge < -0.3 is 20.5 Å². The standard InChI is InChI=1S/C28H32N2O5/c1-28(26(32)33,18-11-12-18)30-25(31)15-17-10-13-19(14-17)29-27(34)35-16-24-22-8-4-2-6-20(22)21-7-3-5-9-23(21)24/h2-9,17-19,24H,10-16H2,1H3,(H,29,34)(H,30,31)(H,32,33)/t17-,19+,28?/m1/s1. The molecular weight excluding hydrogens is 444 g/mol. The van der Waals surface area contributed by atoms with E-state index in [0.29, 0.717) is 6.42 Å². The van der Waals surface area contributed by atoms with Crippen LogP contribution in [-0.4, -0.2) is 41.3 Å². The molecule has 2 saturated carbocycles. The highest BCUT2D eigenvalue weighted by molar-refractivity contribution is 5.87. The van der Waals surface area contributed by atoms with E-state index >= 15 is 0 Å². The maximum atomic E-state index is 12.6. The SMILES string of the molecule is CC(NC(=O)C[C@@H]1CC[C@H](NC(=O)OCC2c3ccccc3-c3ccccc32)C1)(C(=O)O)C1CC1. The predicted octanol–water partition coefficient (Wildman–Crippen LogP) is 4.45. The summed E-state index contributed by atoms with van der Waals surface area (Å²) in [5.41, 5.74) is 3.54. The molecular formula is C28H32N2O5. The van der Waals surface area contributed by atoms with Crippen LogP contribution in [-0.2, 0) is 14.3 Å². The minimum Gasteiger partial charge on any atom is -0.480 e. The van der Waals surface area contributed by atoms with Crippen LogP contribution in [0.15, 0.2) is 48.5 Å². The third kappa shape index (κ3) is 4.77. The molecule has 5 rings (SSSR count). The molecule has 3 N–H and O–H groups in total. The number of hydrogen-bond acceptors (Lipinski definition) is 4. The molecule has 7 heteroatoms. The van der Waals surface area contributed by atoms with Crippen LogP contribution in [0.25, 0.3) is 11.1 Å². The summed E-state index contributed by atoms with van der Waals surface area (Å²) in [6.45, 7) is 1.87. The highest BCUT2D eigenvalue weighted by Crippen LogP contribution is 2.44. The number of carboxylic acids is 1. The van der Waals surface area contributed by atoms with E-state index in [9.17, 15) is 19.5 Å². The maximum Gasteiger partial charge on any atom is 0.407 e. The van der Waals surface area contributed by atoms with Gasteiger partial charge in [-0.05, 0) is 73.1 Å². The number of amides is 2. The van der Waals surface area contributed by atoms with Crippen LogP contribution in [0.3, 0.4) is 0 Å². The fourth-order valence-corrected chi connectivity index (χ4v) is 5.79. The van der Waals surface area contributed by atoms with E-state index in [1.165, 1.54) is 22.3 Å². The van der Waals surface area contributed by atoms with Gasteiger partial charge in [-0.25, -0.2) is 9.59 Å². The van der Waals surface area contributed by atoms with Crippen molar-refractivity contribution in [3.05, 3.63) is 59.7 Å². The number of aliphatic carboxylic acids is 1. The number of alkyl carbamates (subject to hydrolysis) is 1. The second kappa shape index (κ2) is 9.36. The van der Waals surface area contributed by atoms with Crippen LogP contribution in [0.2, 0.25) is 0 Å². The first-order valence-electron chi connectivity index (χ1n) is 12.5. The zero-order chi connectivity index (χ0) is 24.6. The topological polar surface area (TPSA) is 105 Å². The van der Waals surface area contributed by atoms with Crippen molar-refractivity contribution in [3.63, 3.8) is 0 Å². The molecule has 2 amide bonds. The zero-order valence-corrected chi connectivity index (χ0v) is 20.0. The van der Waals surface area contributed by atoms with E-state index in [4.69, 9.17) is 4.74 Å². The normalized spacial score (nSPS) is 22.5. The molecule has 0 bridgehead atoms. The summed E-state index contributed by atoms with van der Waals surface area (Å²) in [7, 11) is 0. The number of rotatable bonds is 8. The molecule has 0 radical (unpaired) electrons. The Morgan fingerprint density at radius 2 is 1.60 bits per heavy atom. The van der Waals surface area contributed by atoms with Crippen LogP contribution in [0.5, 0.6) is 0 Å². The molecule has 2 aromatic rings. The fourth-order valence-electron chi connectivity index (χ4n) is 5.79. The molecule has 3 atom stereocenters. The summed E-state index contributed by atoms with van der Waals surface area (Å²) in [4.78, 5) is 36.8. The Morgan fingerprint density at radius 3 is 2.20 bits per heavy atom. The molecule has 0 spiro atoms. The van der Waals surface area contributed by atoms with Crippen molar-refractivity contribution in [1.82, 2.24) is 10.6 Å². The first kappa shape index (κ1) is 23.4. The summed E-state index contributed by atoms with van der Waals surface area (Å²) in [5.74, 6) is -1.06. The van der Waals surface area contributed by atoms with E-state index in [1.807, 2.05) is 24.3 Å². The summed E-state index contributed by atoms with van der Waals surface area (Å²) in [6, 6.07) is 16.4. The van der Waals surface area contributed by atoms with E-state index < -0.39 is 17.6 Å². The average Bonchev–Trinajstić information content (AvgIpc) is 3.54. The molecule has 2 fully saturated rings. The smallest absolute Gasteiger partial charge is 0.407 e. The van der Waals surface area contributed by atoms with Gasteiger partial charge in [-0.2, -0.15) is 0 Å². The molecule has 0 aromatic heterocycles. The Kier molecular flexibility index (Phi) is 6.26. The van der Waals surface area contributed by atoms with Gasteiger partial charge in [-0.15, -0.1) is 0 Å². The molecule has 0 aliphatic heterocycles. The summed E-state index contributed by atoms with van der Waals surface area (Å²) in [6.07, 6.45) is 3.78. The largest absolute Gasteiger partial charge is 0.480 e. The van der Waals surface area contributed by atoms with Crippen LogP contribution in [0, 0.1) is 11.8 Å². The Morgan fingerprint density at radius 1 is 0.971 bits per heavy atom. The highest BCUT2D eigenvalue weighted by Gasteiger charge is 2.48. The second-order valence-electron chi connectivity index (χ2n) is 10.4. The zero-order valence-electron chi connectivity index (χ0n) is 20.0. The quantitative estimate of drug-likeness (QED) is 0.522. The monoisotopic (exact) mass is 476 g/mol. The lowest BCUT2D eigenvalue weighted by atomic mass is 9.94. The Labute approximate surface area is 205 Å². The van der Waals surface area contributed by atoms with Crippen molar-refractivity contribution in [1.29, 1.82) is 0 Å². The fraction of sp³-hybridized carbons (Fsp3) is 0.464. The Hall–Kier alpha value is -3.35. The van der Waals surface area contributed by atoms with E-state index in [-0.39, 0.29) is 42.7 Å². The third-order valence-corrected chi connectivity index (χ3v) is 7.92. The lowest BCUT2D eigenvalue weighted by molar-refractivity contribution is -0.148. The molecule has 7 nitrogen and oxygen atoms in total. The number of carboxylic acid groups (broad SMARTS) is 1. The second-order valence-corrected chi connectivity index (χ2v) is 10.4. The average molecular weight is 477 g/mol. The van der Waals surface area contributed by atoms with Crippen LogP contribution in [0.4, 0.5) is 4.79 Å². The minimum atomic E-state index is -1.19. The number of benzene rings is 2. The lowest BCUT2D eigenvalue weighted by Crippen LogP contribution is -2.54. The molecule has 184 valence electrons. The molecule has 0 heterocycles. The first-order valence-corrected chi connectivity index (χ1v) is 12.5. The molecule has 2 aromatic carbocycles. The number of ether oxygens (including phenoxy) is 1. The molecule has 3 aliphatic rings. The lowest BCUT2D eigenvalue weighted by Gasteiger charge is -2.26. The van der Waals surface area contributed by atoms with Crippen molar-refractivity contribution in [2.24, 2.45) is 11.8 Å². The number of hydrogen-bond donors (Lipinski definition) is 3. The van der Waals surface area contributed by atoms with Crippen molar-refractivity contribution >= 4 is 18.0 Å². The van der Waals surface area contributed by atoms with Gasteiger partial charge in [-0.1, -0.05) is 48.5 Å². The van der Waals surface area contributed by atoms with E-state index in [2.05, 4.69) is 34.9 Å². The maximum absolute atomic E-state index is 12.6. The summed E-state index contributed by atoms with van der Waals surface area (Å²) in [5, 5.41) is 15.3. The Bertz CT molecular complexity index is 1100. The van der Waals surface area contributed by atoms with Gasteiger partial charge in [0.2, 0.25) is 5.91 Å². The predicted molar refractivity (Wildman–Crippen MR) is 131 cm³/mol. The highest BCUT2D eigenvalue weighted by atomic mass is 16.5. The van der Waals surface area contributed by atoms with Gasteiger partial charge in [0.15, 0.2) is 0 Å². The van der Waals surface area contributed by atoms with Gasteiger partial charge in [0, 0.05) is 18.4 Å². The van der Waals surface area contributed by atoms with Crippen LogP contribution >= 0.6 is 0 Å². The van der Waals surface area contributed by atoms with Crippen LogP contribution < -0.4 is 10.6 Å². The van der Waals surface area contributed by atoms with Crippen molar-refractivity contribution in [3.8, 4) is 11.1 Å². The third-order valence-electron chi connectivity index (χ3n) is 7.92. The van der Waals surface area contributed by atoms with Crippen molar-refractivity contribution < 1.29 is 24.2 Å². The van der Waals surface area contributed by atoms with Gasteiger partial charge >= 0.3 is 12.1 Å². The molecule has 1 unspecified atom stereocenters. The van der Waals surface area contributed by atoms with Gasteiger partial charge in [0.1, 0.15) is 12.1 Å². The van der Waals surface area contributed by atoms with Crippen LogP contribution in [0.1, 0.15) is 62.5 Å². The van der Waals surface area contributed by atoms with Crippen molar-refractivity contribution in [2.75, 3.05) is 6.61 Å². The summed E-state index contributed by atoms with van der Waals surface area (Å²) < 4.78 is 5.65.